The first-order chi connectivity index (χ1) is 9.93. The molecule has 6 heteroatoms. The monoisotopic (exact) mass is 289 g/mol. The second kappa shape index (κ2) is 5.87. The SMILES string of the molecule is COC(=O)c1ccc(N)c(NC(C)c2c(C)noc2C)c1. The van der Waals surface area contributed by atoms with Gasteiger partial charge in [0.05, 0.1) is 35.8 Å². The number of carbonyl (C=O) groups excluding carboxylic acids is 1. The Balaban J connectivity index is 2.29. The van der Waals surface area contributed by atoms with E-state index in [-0.39, 0.29) is 6.04 Å². The molecule has 0 aliphatic carbocycles. The molecule has 0 bridgehead atoms. The number of aromatic nitrogens is 1. The number of aryl methyl sites for hydroxylation is 2. The maximum absolute atomic E-state index is 11.6. The summed E-state index contributed by atoms with van der Waals surface area (Å²) in [6.45, 7) is 5.73. The summed E-state index contributed by atoms with van der Waals surface area (Å²) in [7, 11) is 1.35. The summed E-state index contributed by atoms with van der Waals surface area (Å²) in [4.78, 5) is 11.6. The number of ether oxygens (including phenoxy) is 1. The highest BCUT2D eigenvalue weighted by molar-refractivity contribution is 5.92. The Morgan fingerprint density at radius 1 is 1.43 bits per heavy atom. The predicted molar refractivity (Wildman–Crippen MR) is 80.2 cm³/mol. The summed E-state index contributed by atoms with van der Waals surface area (Å²) in [6, 6.07) is 4.93. The number of nitrogen functional groups attached to an aromatic ring is 1. The standard InChI is InChI=1S/C15H19N3O3/c1-8(14-9(2)18-21-10(14)3)17-13-7-11(15(19)20-4)5-6-12(13)16/h5-8,17H,16H2,1-4H3. The lowest BCUT2D eigenvalue weighted by Gasteiger charge is -2.17. The number of hydrogen-bond donors (Lipinski definition) is 2. The Kier molecular flexibility index (Phi) is 4.16. The molecule has 0 saturated carbocycles. The van der Waals surface area contributed by atoms with Crippen LogP contribution >= 0.6 is 0 Å². The minimum atomic E-state index is -0.400. The van der Waals surface area contributed by atoms with Crippen molar-refractivity contribution in [1.29, 1.82) is 0 Å². The molecule has 0 radical (unpaired) electrons. The van der Waals surface area contributed by atoms with Crippen molar-refractivity contribution in [2.75, 3.05) is 18.2 Å². The van der Waals surface area contributed by atoms with Gasteiger partial charge in [0.1, 0.15) is 5.76 Å². The Morgan fingerprint density at radius 3 is 2.71 bits per heavy atom. The summed E-state index contributed by atoms with van der Waals surface area (Å²) < 4.78 is 9.88. The zero-order chi connectivity index (χ0) is 15.6. The highest BCUT2D eigenvalue weighted by atomic mass is 16.5. The van der Waals surface area contributed by atoms with E-state index < -0.39 is 5.97 Å². The van der Waals surface area contributed by atoms with Crippen LogP contribution < -0.4 is 11.1 Å². The first-order valence-electron chi connectivity index (χ1n) is 6.61. The molecule has 6 nitrogen and oxygen atoms in total. The highest BCUT2D eigenvalue weighted by Crippen LogP contribution is 2.28. The predicted octanol–water partition coefficient (Wildman–Crippen LogP) is 2.83. The van der Waals surface area contributed by atoms with E-state index in [0.717, 1.165) is 17.0 Å². The number of nitrogens with one attached hydrogen (secondary N) is 1. The maximum Gasteiger partial charge on any atom is 0.337 e. The minimum Gasteiger partial charge on any atom is -0.465 e. The third-order valence-corrected chi connectivity index (χ3v) is 3.37. The van der Waals surface area contributed by atoms with Crippen LogP contribution in [-0.2, 0) is 4.74 Å². The molecule has 1 aromatic carbocycles. The smallest absolute Gasteiger partial charge is 0.337 e. The van der Waals surface area contributed by atoms with E-state index in [1.807, 2.05) is 20.8 Å². The number of nitrogens with zero attached hydrogens (tertiary/aromatic N) is 1. The van der Waals surface area contributed by atoms with Gasteiger partial charge >= 0.3 is 5.97 Å². The van der Waals surface area contributed by atoms with Crippen molar-refractivity contribution in [1.82, 2.24) is 5.16 Å². The molecule has 0 saturated heterocycles. The van der Waals surface area contributed by atoms with Crippen molar-refractivity contribution >= 4 is 17.3 Å². The number of esters is 1. The molecule has 0 amide bonds. The topological polar surface area (TPSA) is 90.4 Å². The van der Waals surface area contributed by atoms with E-state index in [2.05, 4.69) is 10.5 Å². The van der Waals surface area contributed by atoms with Crippen LogP contribution in [0.3, 0.4) is 0 Å². The molecule has 112 valence electrons. The molecule has 1 aromatic heterocycles. The Labute approximate surface area is 123 Å². The third-order valence-electron chi connectivity index (χ3n) is 3.37. The van der Waals surface area contributed by atoms with Crippen LogP contribution in [0.1, 0.15) is 40.3 Å². The summed E-state index contributed by atoms with van der Waals surface area (Å²) in [5.41, 5.74) is 9.44. The van der Waals surface area contributed by atoms with Gasteiger partial charge < -0.3 is 20.3 Å². The second-order valence-corrected chi connectivity index (χ2v) is 4.90. The lowest BCUT2D eigenvalue weighted by molar-refractivity contribution is 0.0601. The summed E-state index contributed by atoms with van der Waals surface area (Å²) in [6.07, 6.45) is 0. The van der Waals surface area contributed by atoms with Crippen LogP contribution in [0.25, 0.3) is 0 Å². The van der Waals surface area contributed by atoms with E-state index >= 15 is 0 Å². The van der Waals surface area contributed by atoms with Gasteiger partial charge in [-0.1, -0.05) is 5.16 Å². The summed E-state index contributed by atoms with van der Waals surface area (Å²) >= 11 is 0. The van der Waals surface area contributed by atoms with E-state index in [1.54, 1.807) is 18.2 Å². The van der Waals surface area contributed by atoms with Crippen molar-refractivity contribution in [2.24, 2.45) is 0 Å². The molecule has 1 atom stereocenters. The van der Waals surface area contributed by atoms with Gasteiger partial charge in [-0.05, 0) is 39.0 Å². The number of nitrogens with two attached hydrogens (primary N) is 1. The quantitative estimate of drug-likeness (QED) is 0.664. The Bertz CT molecular complexity index is 645. The molecular weight excluding hydrogens is 270 g/mol. The fourth-order valence-corrected chi connectivity index (χ4v) is 2.34. The summed E-state index contributed by atoms with van der Waals surface area (Å²) in [5, 5.41) is 7.22. The fraction of sp³-hybridized carbons (Fsp3) is 0.333. The number of carbonyl (C=O) groups is 1. The lowest BCUT2D eigenvalue weighted by Crippen LogP contribution is -2.11. The third kappa shape index (κ3) is 2.99. The zero-order valence-electron chi connectivity index (χ0n) is 12.6. The van der Waals surface area contributed by atoms with Gasteiger partial charge in [0.25, 0.3) is 0 Å². The van der Waals surface area contributed by atoms with Gasteiger partial charge in [-0.2, -0.15) is 0 Å². The Morgan fingerprint density at radius 2 is 2.14 bits per heavy atom. The van der Waals surface area contributed by atoms with Crippen molar-refractivity contribution in [3.8, 4) is 0 Å². The number of rotatable bonds is 4. The van der Waals surface area contributed by atoms with Crippen LogP contribution in [0.4, 0.5) is 11.4 Å². The minimum absolute atomic E-state index is 0.0496. The van der Waals surface area contributed by atoms with Gasteiger partial charge in [0.2, 0.25) is 0 Å². The van der Waals surface area contributed by atoms with Gasteiger partial charge in [0, 0.05) is 5.56 Å². The van der Waals surface area contributed by atoms with Gasteiger partial charge in [0.15, 0.2) is 0 Å². The first kappa shape index (κ1) is 14.9. The maximum atomic E-state index is 11.6. The average Bonchev–Trinajstić information content (AvgIpc) is 2.79. The molecule has 0 spiro atoms. The van der Waals surface area contributed by atoms with Gasteiger partial charge in [-0.15, -0.1) is 0 Å². The lowest BCUT2D eigenvalue weighted by atomic mass is 10.1. The zero-order valence-corrected chi connectivity index (χ0v) is 12.6. The number of methoxy groups -OCH3 is 1. The van der Waals surface area contributed by atoms with Crippen molar-refractivity contribution < 1.29 is 14.1 Å². The molecule has 0 aliphatic heterocycles. The largest absolute Gasteiger partial charge is 0.465 e. The fourth-order valence-electron chi connectivity index (χ4n) is 2.34. The van der Waals surface area contributed by atoms with E-state index in [9.17, 15) is 4.79 Å². The molecule has 0 aliphatic rings. The number of hydrogen-bond acceptors (Lipinski definition) is 6. The molecule has 0 fully saturated rings. The van der Waals surface area contributed by atoms with Crippen LogP contribution in [0, 0.1) is 13.8 Å². The van der Waals surface area contributed by atoms with E-state index in [1.165, 1.54) is 7.11 Å². The van der Waals surface area contributed by atoms with Crippen molar-refractivity contribution in [3.63, 3.8) is 0 Å². The van der Waals surface area contributed by atoms with E-state index in [0.29, 0.717) is 16.9 Å². The average molecular weight is 289 g/mol. The van der Waals surface area contributed by atoms with Crippen LogP contribution in [-0.4, -0.2) is 18.2 Å². The van der Waals surface area contributed by atoms with E-state index in [4.69, 9.17) is 15.0 Å². The van der Waals surface area contributed by atoms with Crippen LogP contribution in [0.5, 0.6) is 0 Å². The molecule has 3 N–H and O–H groups in total. The molecule has 1 heterocycles. The van der Waals surface area contributed by atoms with Crippen molar-refractivity contribution in [3.05, 3.63) is 40.8 Å². The number of anilines is 2. The molecule has 2 aromatic rings. The molecule has 21 heavy (non-hydrogen) atoms. The second-order valence-electron chi connectivity index (χ2n) is 4.90. The van der Waals surface area contributed by atoms with Crippen LogP contribution in [0.2, 0.25) is 0 Å². The van der Waals surface area contributed by atoms with Crippen LogP contribution in [0.15, 0.2) is 22.7 Å². The molecular formula is C15H19N3O3. The Hall–Kier alpha value is -2.50. The summed E-state index contributed by atoms with van der Waals surface area (Å²) in [5.74, 6) is 0.359. The number of benzene rings is 1. The normalized spacial score (nSPS) is 12.0. The highest BCUT2D eigenvalue weighted by Gasteiger charge is 2.17. The van der Waals surface area contributed by atoms with Gasteiger partial charge in [-0.3, -0.25) is 0 Å². The molecule has 1 unspecified atom stereocenters. The van der Waals surface area contributed by atoms with Gasteiger partial charge in [-0.25, -0.2) is 4.79 Å². The first-order valence-corrected chi connectivity index (χ1v) is 6.61. The molecule has 2 rings (SSSR count). The van der Waals surface area contributed by atoms with Crippen molar-refractivity contribution in [2.45, 2.75) is 26.8 Å².